The number of carbonyl (C=O) groups excluding carboxylic acids is 1. The molecule has 29 heavy (non-hydrogen) atoms. The quantitative estimate of drug-likeness (QED) is 0.553. The van der Waals surface area contributed by atoms with Crippen LogP contribution in [0.2, 0.25) is 5.02 Å². The second-order valence-corrected chi connectivity index (χ2v) is 8.06. The normalized spacial score (nSPS) is 16.3. The molecule has 0 bridgehead atoms. The van der Waals surface area contributed by atoms with Gasteiger partial charge in [0.15, 0.2) is 17.6 Å². The van der Waals surface area contributed by atoms with Gasteiger partial charge in [0.25, 0.3) is 5.91 Å². The van der Waals surface area contributed by atoms with Crippen LogP contribution in [0.3, 0.4) is 0 Å². The molecule has 1 fully saturated rings. The van der Waals surface area contributed by atoms with Gasteiger partial charge in [0.1, 0.15) is 17.1 Å². The third-order valence-corrected chi connectivity index (χ3v) is 5.80. The van der Waals surface area contributed by atoms with Crippen LogP contribution in [-0.4, -0.2) is 36.8 Å². The highest BCUT2D eigenvalue weighted by Gasteiger charge is 2.27. The van der Waals surface area contributed by atoms with Gasteiger partial charge in [-0.15, -0.1) is 0 Å². The number of hydrogen-bond donors (Lipinski definition) is 0. The fraction of sp³-hybridized carbons (Fsp3) is 0.300. The molecule has 1 aliphatic rings. The summed E-state index contributed by atoms with van der Waals surface area (Å²) in [5.74, 6) is -1.30. The Morgan fingerprint density at radius 1 is 1.31 bits per heavy atom. The molecular formula is C20H17ClF2N2O3S. The zero-order valence-electron chi connectivity index (χ0n) is 15.2. The van der Waals surface area contributed by atoms with Crippen LogP contribution in [0, 0.1) is 11.6 Å². The second kappa shape index (κ2) is 8.61. The third-order valence-electron chi connectivity index (χ3n) is 4.52. The van der Waals surface area contributed by atoms with Crippen molar-refractivity contribution in [2.24, 2.45) is 0 Å². The Morgan fingerprint density at radius 2 is 2.10 bits per heavy atom. The highest BCUT2D eigenvalue weighted by atomic mass is 35.5. The van der Waals surface area contributed by atoms with Gasteiger partial charge in [-0.05, 0) is 43.2 Å². The van der Waals surface area contributed by atoms with Crippen LogP contribution < -0.4 is 9.64 Å². The number of ether oxygens (including phenoxy) is 2. The molecule has 1 atom stereocenters. The minimum absolute atomic E-state index is 0.0372. The number of halogens is 3. The van der Waals surface area contributed by atoms with Gasteiger partial charge in [-0.25, -0.2) is 13.8 Å². The first-order valence-electron chi connectivity index (χ1n) is 9.05. The van der Waals surface area contributed by atoms with Crippen molar-refractivity contribution >= 4 is 44.2 Å². The largest absolute Gasteiger partial charge is 0.484 e. The molecule has 0 spiro atoms. The molecule has 2 aromatic carbocycles. The van der Waals surface area contributed by atoms with Gasteiger partial charge in [0.05, 0.1) is 17.3 Å². The molecule has 0 N–H and O–H groups in total. The predicted octanol–water partition coefficient (Wildman–Crippen LogP) is 4.82. The minimum atomic E-state index is -0.760. The van der Waals surface area contributed by atoms with E-state index in [1.54, 1.807) is 24.3 Å². The molecule has 1 amide bonds. The van der Waals surface area contributed by atoms with Crippen LogP contribution in [0.5, 0.6) is 5.75 Å². The summed E-state index contributed by atoms with van der Waals surface area (Å²) in [5, 5.41) is 0.845. The van der Waals surface area contributed by atoms with Crippen molar-refractivity contribution in [3.8, 4) is 5.75 Å². The Labute approximate surface area is 174 Å². The average molecular weight is 439 g/mol. The Kier molecular flexibility index (Phi) is 5.94. The van der Waals surface area contributed by atoms with Crippen LogP contribution in [0.1, 0.15) is 12.8 Å². The summed E-state index contributed by atoms with van der Waals surface area (Å²) in [6.07, 6.45) is 1.59. The molecule has 9 heteroatoms. The Balaban J connectivity index is 1.57. The fourth-order valence-electron chi connectivity index (χ4n) is 3.09. The first-order chi connectivity index (χ1) is 14.0. The summed E-state index contributed by atoms with van der Waals surface area (Å²) in [5.41, 5.74) is 0.0372. The molecular weight excluding hydrogens is 422 g/mol. The van der Waals surface area contributed by atoms with Crippen LogP contribution in [0.15, 0.2) is 36.4 Å². The maximum Gasteiger partial charge on any atom is 0.266 e. The van der Waals surface area contributed by atoms with Crippen molar-refractivity contribution in [1.82, 2.24) is 4.98 Å². The predicted molar refractivity (Wildman–Crippen MR) is 108 cm³/mol. The topological polar surface area (TPSA) is 51.7 Å². The molecule has 0 saturated carbocycles. The van der Waals surface area contributed by atoms with Gasteiger partial charge in [-0.3, -0.25) is 9.69 Å². The lowest BCUT2D eigenvalue weighted by Gasteiger charge is -2.23. The lowest BCUT2D eigenvalue weighted by Crippen LogP contribution is -2.40. The zero-order chi connectivity index (χ0) is 20.4. The van der Waals surface area contributed by atoms with Gasteiger partial charge < -0.3 is 9.47 Å². The maximum absolute atomic E-state index is 14.1. The number of carbonyl (C=O) groups is 1. The summed E-state index contributed by atoms with van der Waals surface area (Å²) in [7, 11) is 0. The van der Waals surface area contributed by atoms with Gasteiger partial charge in [-0.2, -0.15) is 0 Å². The number of benzene rings is 2. The third kappa shape index (κ3) is 4.66. The van der Waals surface area contributed by atoms with Gasteiger partial charge in [0, 0.05) is 17.7 Å². The van der Waals surface area contributed by atoms with E-state index in [0.29, 0.717) is 22.1 Å². The van der Waals surface area contributed by atoms with Crippen LogP contribution in [0.25, 0.3) is 10.2 Å². The van der Waals surface area contributed by atoms with Crippen LogP contribution in [0.4, 0.5) is 13.9 Å². The molecule has 0 aliphatic carbocycles. The van der Waals surface area contributed by atoms with Gasteiger partial charge in [0.2, 0.25) is 0 Å². The van der Waals surface area contributed by atoms with E-state index in [1.807, 2.05) is 0 Å². The number of thiazole rings is 1. The van der Waals surface area contributed by atoms with E-state index in [2.05, 4.69) is 4.98 Å². The summed E-state index contributed by atoms with van der Waals surface area (Å²) in [6, 6.07) is 8.64. The van der Waals surface area contributed by atoms with Crippen molar-refractivity contribution in [2.75, 3.05) is 24.7 Å². The highest BCUT2D eigenvalue weighted by Crippen LogP contribution is 2.32. The number of hydrogen-bond acceptors (Lipinski definition) is 5. The molecule has 1 saturated heterocycles. The van der Waals surface area contributed by atoms with E-state index in [4.69, 9.17) is 21.1 Å². The standard InChI is InChI=1S/C20H17ClF2N2O3S/c21-12-3-5-14(6-4-12)28-11-18(26)25(10-15-2-1-7-27-15)20-24-19-16(23)8-13(22)9-17(19)29-20/h3-6,8-9,15H,1-2,7,10-11H2. The van der Waals surface area contributed by atoms with Crippen molar-refractivity contribution in [3.63, 3.8) is 0 Å². The zero-order valence-corrected chi connectivity index (χ0v) is 16.8. The van der Waals surface area contributed by atoms with Crippen molar-refractivity contribution < 1.29 is 23.0 Å². The number of aromatic nitrogens is 1. The summed E-state index contributed by atoms with van der Waals surface area (Å²) < 4.78 is 39.1. The van der Waals surface area contributed by atoms with Gasteiger partial charge in [-0.1, -0.05) is 22.9 Å². The summed E-state index contributed by atoms with van der Waals surface area (Å²) in [6.45, 7) is 0.668. The van der Waals surface area contributed by atoms with Crippen molar-refractivity contribution in [2.45, 2.75) is 18.9 Å². The highest BCUT2D eigenvalue weighted by molar-refractivity contribution is 7.22. The summed E-state index contributed by atoms with van der Waals surface area (Å²) >= 11 is 6.91. The molecule has 0 radical (unpaired) electrons. The molecule has 2 heterocycles. The maximum atomic E-state index is 14.1. The number of fused-ring (bicyclic) bond motifs is 1. The van der Waals surface area contributed by atoms with Crippen molar-refractivity contribution in [1.29, 1.82) is 0 Å². The van der Waals surface area contributed by atoms with E-state index in [9.17, 15) is 13.6 Å². The fourth-order valence-corrected chi connectivity index (χ4v) is 4.25. The Hall–Kier alpha value is -2.29. The lowest BCUT2D eigenvalue weighted by atomic mass is 10.2. The van der Waals surface area contributed by atoms with E-state index in [-0.39, 0.29) is 35.8 Å². The molecule has 1 aliphatic heterocycles. The summed E-state index contributed by atoms with van der Waals surface area (Å²) in [4.78, 5) is 18.6. The molecule has 152 valence electrons. The molecule has 1 unspecified atom stereocenters. The molecule has 1 aromatic heterocycles. The van der Waals surface area contributed by atoms with E-state index in [1.165, 1.54) is 11.0 Å². The lowest BCUT2D eigenvalue weighted by molar-refractivity contribution is -0.120. The monoisotopic (exact) mass is 438 g/mol. The van der Waals surface area contributed by atoms with Crippen LogP contribution in [-0.2, 0) is 9.53 Å². The SMILES string of the molecule is O=C(COc1ccc(Cl)cc1)N(CC1CCCO1)c1nc2c(F)cc(F)cc2s1. The smallest absolute Gasteiger partial charge is 0.266 e. The number of nitrogens with zero attached hydrogens (tertiary/aromatic N) is 2. The Morgan fingerprint density at radius 3 is 2.83 bits per heavy atom. The molecule has 4 rings (SSSR count). The first-order valence-corrected chi connectivity index (χ1v) is 10.2. The Bertz CT molecular complexity index is 1020. The van der Waals surface area contributed by atoms with E-state index < -0.39 is 11.6 Å². The number of rotatable bonds is 6. The number of amides is 1. The first kappa shape index (κ1) is 20.0. The van der Waals surface area contributed by atoms with E-state index in [0.717, 1.165) is 30.2 Å². The molecule has 5 nitrogen and oxygen atoms in total. The number of anilines is 1. The van der Waals surface area contributed by atoms with E-state index >= 15 is 0 Å². The van der Waals surface area contributed by atoms with Crippen molar-refractivity contribution in [3.05, 3.63) is 53.1 Å². The van der Waals surface area contributed by atoms with Crippen LogP contribution >= 0.6 is 22.9 Å². The second-order valence-electron chi connectivity index (χ2n) is 6.61. The molecule has 3 aromatic rings. The van der Waals surface area contributed by atoms with Gasteiger partial charge >= 0.3 is 0 Å². The average Bonchev–Trinajstić information content (AvgIpc) is 3.35. The minimum Gasteiger partial charge on any atom is -0.484 e.